The lowest BCUT2D eigenvalue weighted by Crippen LogP contribution is -2.42. The number of carbonyl (C=O) groups excluding carboxylic acids is 2. The molecule has 0 aliphatic heterocycles. The van der Waals surface area contributed by atoms with Gasteiger partial charge in [0.2, 0.25) is 11.8 Å². The van der Waals surface area contributed by atoms with Gasteiger partial charge in [0.1, 0.15) is 11.9 Å². The zero-order valence-corrected chi connectivity index (χ0v) is 13.9. The molecular formula is C19H16FN3O3. The Balaban J connectivity index is 1.92. The van der Waals surface area contributed by atoms with Crippen LogP contribution in [0.4, 0.5) is 4.39 Å². The van der Waals surface area contributed by atoms with Crippen molar-refractivity contribution >= 4 is 11.8 Å². The molecule has 0 spiro atoms. The van der Waals surface area contributed by atoms with Crippen molar-refractivity contribution in [2.24, 2.45) is 5.73 Å². The van der Waals surface area contributed by atoms with E-state index in [4.69, 9.17) is 10.2 Å². The number of rotatable bonds is 5. The van der Waals surface area contributed by atoms with Crippen molar-refractivity contribution in [2.75, 3.05) is 0 Å². The quantitative estimate of drug-likeness (QED) is 0.737. The van der Waals surface area contributed by atoms with Crippen molar-refractivity contribution in [1.29, 1.82) is 0 Å². The van der Waals surface area contributed by atoms with Crippen LogP contribution in [0.5, 0.6) is 0 Å². The molecule has 2 aromatic carbocycles. The smallest absolute Gasteiger partial charge is 0.252 e. The number of amides is 2. The molecule has 1 aromatic heterocycles. The van der Waals surface area contributed by atoms with Gasteiger partial charge in [0, 0.05) is 11.1 Å². The van der Waals surface area contributed by atoms with Gasteiger partial charge in [-0.25, -0.2) is 9.37 Å². The average Bonchev–Trinajstić information content (AvgIpc) is 3.12. The standard InChI is InChI=1S/C19H16FN3O3/c1-11(17(21)24)23-18(25)14-4-2-3-5-15(14)19-22-10-16(26-19)12-6-8-13(20)9-7-12/h2-11H,1H3,(H2,21,24)(H,23,25)/t11-/m0/s1. The fourth-order valence-corrected chi connectivity index (χ4v) is 2.36. The average molecular weight is 353 g/mol. The van der Waals surface area contributed by atoms with Crippen LogP contribution in [-0.4, -0.2) is 22.8 Å². The van der Waals surface area contributed by atoms with E-state index in [9.17, 15) is 14.0 Å². The molecule has 1 atom stereocenters. The summed E-state index contributed by atoms with van der Waals surface area (Å²) in [6, 6.07) is 11.7. The SMILES string of the molecule is C[C@H](NC(=O)c1ccccc1-c1ncc(-c2ccc(F)cc2)o1)C(N)=O. The van der Waals surface area contributed by atoms with Crippen molar-refractivity contribution in [1.82, 2.24) is 10.3 Å². The van der Waals surface area contributed by atoms with E-state index in [1.54, 1.807) is 36.4 Å². The van der Waals surface area contributed by atoms with Crippen LogP contribution in [0.1, 0.15) is 17.3 Å². The molecular weight excluding hydrogens is 337 g/mol. The maximum absolute atomic E-state index is 13.1. The van der Waals surface area contributed by atoms with Gasteiger partial charge in [0.25, 0.3) is 5.91 Å². The first kappa shape index (κ1) is 17.3. The zero-order valence-electron chi connectivity index (χ0n) is 13.9. The number of hydrogen-bond acceptors (Lipinski definition) is 4. The lowest BCUT2D eigenvalue weighted by molar-refractivity contribution is -0.119. The molecule has 0 radical (unpaired) electrons. The van der Waals surface area contributed by atoms with Crippen molar-refractivity contribution < 1.29 is 18.4 Å². The number of benzene rings is 2. The maximum Gasteiger partial charge on any atom is 0.252 e. The van der Waals surface area contributed by atoms with Crippen LogP contribution in [0.2, 0.25) is 0 Å². The summed E-state index contributed by atoms with van der Waals surface area (Å²) in [6.07, 6.45) is 1.50. The van der Waals surface area contributed by atoms with E-state index in [2.05, 4.69) is 10.3 Å². The molecule has 0 aliphatic rings. The fourth-order valence-electron chi connectivity index (χ4n) is 2.36. The van der Waals surface area contributed by atoms with Crippen LogP contribution in [0.15, 0.2) is 59.1 Å². The lowest BCUT2D eigenvalue weighted by atomic mass is 10.1. The number of aromatic nitrogens is 1. The number of nitrogens with one attached hydrogen (secondary N) is 1. The second-order valence-corrected chi connectivity index (χ2v) is 5.68. The Morgan fingerprint density at radius 3 is 2.54 bits per heavy atom. The number of hydrogen-bond donors (Lipinski definition) is 2. The number of nitrogens with zero attached hydrogens (tertiary/aromatic N) is 1. The molecule has 2 amide bonds. The van der Waals surface area contributed by atoms with Crippen molar-refractivity contribution in [3.05, 3.63) is 66.1 Å². The van der Waals surface area contributed by atoms with Gasteiger partial charge in [-0.15, -0.1) is 0 Å². The van der Waals surface area contributed by atoms with Crippen LogP contribution in [0.25, 0.3) is 22.8 Å². The molecule has 3 rings (SSSR count). The van der Waals surface area contributed by atoms with Crippen LogP contribution in [0, 0.1) is 5.82 Å². The largest absolute Gasteiger partial charge is 0.436 e. The monoisotopic (exact) mass is 353 g/mol. The second kappa shape index (κ2) is 7.18. The van der Waals surface area contributed by atoms with E-state index < -0.39 is 17.9 Å². The first-order valence-corrected chi connectivity index (χ1v) is 7.87. The Hall–Kier alpha value is -3.48. The van der Waals surface area contributed by atoms with Gasteiger partial charge in [-0.05, 0) is 43.3 Å². The highest BCUT2D eigenvalue weighted by Crippen LogP contribution is 2.28. The molecule has 132 valence electrons. The minimum atomic E-state index is -0.810. The first-order chi connectivity index (χ1) is 12.5. The van der Waals surface area contributed by atoms with Crippen LogP contribution < -0.4 is 11.1 Å². The van der Waals surface area contributed by atoms with Crippen LogP contribution >= 0.6 is 0 Å². The molecule has 0 saturated carbocycles. The highest BCUT2D eigenvalue weighted by molar-refractivity contribution is 6.01. The Bertz CT molecular complexity index is 951. The number of oxazole rings is 1. The highest BCUT2D eigenvalue weighted by atomic mass is 19.1. The van der Waals surface area contributed by atoms with E-state index in [-0.39, 0.29) is 11.7 Å². The Morgan fingerprint density at radius 2 is 1.85 bits per heavy atom. The van der Waals surface area contributed by atoms with Gasteiger partial charge in [-0.1, -0.05) is 12.1 Å². The third kappa shape index (κ3) is 3.61. The predicted molar refractivity (Wildman–Crippen MR) is 93.5 cm³/mol. The van der Waals surface area contributed by atoms with Gasteiger partial charge in [0.05, 0.1) is 11.8 Å². The highest BCUT2D eigenvalue weighted by Gasteiger charge is 2.19. The molecule has 3 aromatic rings. The van der Waals surface area contributed by atoms with E-state index in [0.29, 0.717) is 22.5 Å². The summed E-state index contributed by atoms with van der Waals surface area (Å²) in [6.45, 7) is 1.50. The molecule has 0 fully saturated rings. The van der Waals surface area contributed by atoms with Crippen molar-refractivity contribution in [3.63, 3.8) is 0 Å². The van der Waals surface area contributed by atoms with E-state index in [1.807, 2.05) is 0 Å². The minimum absolute atomic E-state index is 0.238. The Labute approximate surface area is 148 Å². The summed E-state index contributed by atoms with van der Waals surface area (Å²) in [7, 11) is 0. The molecule has 6 nitrogen and oxygen atoms in total. The summed E-state index contributed by atoms with van der Waals surface area (Å²) in [5, 5.41) is 2.53. The second-order valence-electron chi connectivity index (χ2n) is 5.68. The molecule has 26 heavy (non-hydrogen) atoms. The van der Waals surface area contributed by atoms with Crippen LogP contribution in [0.3, 0.4) is 0 Å². The Morgan fingerprint density at radius 1 is 1.15 bits per heavy atom. The summed E-state index contributed by atoms with van der Waals surface area (Å²) in [4.78, 5) is 27.8. The lowest BCUT2D eigenvalue weighted by Gasteiger charge is -2.11. The summed E-state index contributed by atoms with van der Waals surface area (Å²) in [5.74, 6) is -0.763. The van der Waals surface area contributed by atoms with Gasteiger partial charge in [-0.3, -0.25) is 9.59 Å². The van der Waals surface area contributed by atoms with Gasteiger partial charge >= 0.3 is 0 Å². The topological polar surface area (TPSA) is 98.2 Å². The van der Waals surface area contributed by atoms with Gasteiger partial charge < -0.3 is 15.5 Å². The normalized spacial score (nSPS) is 11.8. The first-order valence-electron chi connectivity index (χ1n) is 7.87. The minimum Gasteiger partial charge on any atom is -0.436 e. The van der Waals surface area contributed by atoms with Gasteiger partial charge in [-0.2, -0.15) is 0 Å². The fraction of sp³-hybridized carbons (Fsp3) is 0.105. The number of halogens is 1. The van der Waals surface area contributed by atoms with Crippen molar-refractivity contribution in [3.8, 4) is 22.8 Å². The third-order valence-corrected chi connectivity index (χ3v) is 3.81. The molecule has 3 N–H and O–H groups in total. The zero-order chi connectivity index (χ0) is 18.7. The molecule has 7 heteroatoms. The molecule has 0 bridgehead atoms. The molecule has 0 aliphatic carbocycles. The van der Waals surface area contributed by atoms with Crippen LogP contribution in [-0.2, 0) is 4.79 Å². The van der Waals surface area contributed by atoms with E-state index in [0.717, 1.165) is 0 Å². The predicted octanol–water partition coefficient (Wildman–Crippen LogP) is 2.75. The molecule has 0 unspecified atom stereocenters. The summed E-state index contributed by atoms with van der Waals surface area (Å²) in [5.41, 5.74) is 6.61. The molecule has 1 heterocycles. The van der Waals surface area contributed by atoms with Gasteiger partial charge in [0.15, 0.2) is 5.76 Å². The number of nitrogens with two attached hydrogens (primary N) is 1. The molecule has 0 saturated heterocycles. The number of carbonyl (C=O) groups is 2. The summed E-state index contributed by atoms with van der Waals surface area (Å²) >= 11 is 0. The Kier molecular flexibility index (Phi) is 4.79. The van der Waals surface area contributed by atoms with Crippen molar-refractivity contribution in [2.45, 2.75) is 13.0 Å². The maximum atomic E-state index is 13.1. The summed E-state index contributed by atoms with van der Waals surface area (Å²) < 4.78 is 18.8. The third-order valence-electron chi connectivity index (χ3n) is 3.81. The number of primary amides is 1. The van der Waals surface area contributed by atoms with E-state index in [1.165, 1.54) is 25.3 Å². The van der Waals surface area contributed by atoms with E-state index >= 15 is 0 Å².